The Balaban J connectivity index is 2.14. The Hall–Kier alpha value is -2.41. The molecule has 0 aliphatic carbocycles. The highest BCUT2D eigenvalue weighted by Gasteiger charge is 2.16. The van der Waals surface area contributed by atoms with E-state index < -0.39 is 0 Å². The predicted octanol–water partition coefficient (Wildman–Crippen LogP) is 5.31. The molecule has 0 N–H and O–H groups in total. The van der Waals surface area contributed by atoms with Crippen molar-refractivity contribution in [3.05, 3.63) is 107 Å². The van der Waals surface area contributed by atoms with E-state index in [1.54, 1.807) is 6.07 Å². The fourth-order valence-corrected chi connectivity index (χ4v) is 2.72. The third-order valence-corrected chi connectivity index (χ3v) is 3.78. The second kappa shape index (κ2) is 5.92. The number of hydrogen-bond acceptors (Lipinski definition) is 0. The average Bonchev–Trinajstić information content (AvgIpc) is 2.53. The summed E-state index contributed by atoms with van der Waals surface area (Å²) >= 11 is 0. The van der Waals surface area contributed by atoms with Crippen LogP contribution in [0.1, 0.15) is 28.2 Å². The van der Waals surface area contributed by atoms with Crippen molar-refractivity contribution < 1.29 is 4.39 Å². The van der Waals surface area contributed by atoms with Crippen LogP contribution in [0.4, 0.5) is 4.39 Å². The van der Waals surface area contributed by atoms with Crippen LogP contribution in [0.15, 0.2) is 78.9 Å². The minimum Gasteiger partial charge on any atom is -0.207 e. The number of aryl methyl sites for hydroxylation is 1. The maximum absolute atomic E-state index is 13.6. The van der Waals surface area contributed by atoms with Crippen molar-refractivity contribution >= 4 is 0 Å². The first-order chi connectivity index (χ1) is 10.3. The first-order valence-electron chi connectivity index (χ1n) is 7.11. The maximum Gasteiger partial charge on any atom is 0.126 e. The molecule has 0 aliphatic rings. The van der Waals surface area contributed by atoms with Gasteiger partial charge >= 0.3 is 0 Å². The van der Waals surface area contributed by atoms with Gasteiger partial charge in [0.25, 0.3) is 0 Å². The van der Waals surface area contributed by atoms with Gasteiger partial charge in [-0.25, -0.2) is 4.39 Å². The smallest absolute Gasteiger partial charge is 0.126 e. The van der Waals surface area contributed by atoms with Crippen LogP contribution < -0.4 is 0 Å². The molecule has 21 heavy (non-hydrogen) atoms. The van der Waals surface area contributed by atoms with Gasteiger partial charge in [0, 0.05) is 5.92 Å². The quantitative estimate of drug-likeness (QED) is 0.568. The van der Waals surface area contributed by atoms with Gasteiger partial charge < -0.3 is 0 Å². The monoisotopic (exact) mass is 276 g/mol. The summed E-state index contributed by atoms with van der Waals surface area (Å²) in [6.07, 6.45) is 0. The third-order valence-electron chi connectivity index (χ3n) is 3.78. The molecule has 0 aliphatic heterocycles. The van der Waals surface area contributed by atoms with E-state index in [4.69, 9.17) is 0 Å². The van der Waals surface area contributed by atoms with Gasteiger partial charge in [-0.15, -0.1) is 0 Å². The highest BCUT2D eigenvalue weighted by atomic mass is 19.1. The van der Waals surface area contributed by atoms with Crippen molar-refractivity contribution in [3.63, 3.8) is 0 Å². The second-order valence-electron chi connectivity index (χ2n) is 5.26. The second-order valence-corrected chi connectivity index (χ2v) is 5.26. The molecule has 0 aromatic heterocycles. The van der Waals surface area contributed by atoms with Crippen LogP contribution >= 0.6 is 0 Å². The molecule has 0 fully saturated rings. The molecule has 0 nitrogen and oxygen atoms in total. The van der Waals surface area contributed by atoms with E-state index in [1.807, 2.05) is 55.5 Å². The first kappa shape index (κ1) is 13.6. The Morgan fingerprint density at radius 1 is 0.667 bits per heavy atom. The Bertz CT molecular complexity index is 678. The number of benzene rings is 3. The van der Waals surface area contributed by atoms with Crippen LogP contribution in [-0.2, 0) is 0 Å². The van der Waals surface area contributed by atoms with Crippen LogP contribution in [0, 0.1) is 12.7 Å². The van der Waals surface area contributed by atoms with Gasteiger partial charge in [0.15, 0.2) is 0 Å². The summed E-state index contributed by atoms with van der Waals surface area (Å²) in [7, 11) is 0. The molecule has 0 heterocycles. The Kier molecular flexibility index (Phi) is 3.83. The van der Waals surface area contributed by atoms with Gasteiger partial charge in [-0.05, 0) is 35.2 Å². The summed E-state index contributed by atoms with van der Waals surface area (Å²) in [6.45, 7) is 1.81. The zero-order valence-corrected chi connectivity index (χ0v) is 12.0. The molecular weight excluding hydrogens is 259 g/mol. The molecule has 0 atom stereocenters. The molecule has 0 amide bonds. The predicted molar refractivity (Wildman–Crippen MR) is 85.0 cm³/mol. The Labute approximate surface area is 124 Å². The van der Waals surface area contributed by atoms with Gasteiger partial charge in [-0.1, -0.05) is 72.8 Å². The summed E-state index contributed by atoms with van der Waals surface area (Å²) in [5.41, 5.74) is 4.24. The van der Waals surface area contributed by atoms with Crippen molar-refractivity contribution in [2.75, 3.05) is 0 Å². The van der Waals surface area contributed by atoms with Gasteiger partial charge in [-0.3, -0.25) is 0 Å². The summed E-state index contributed by atoms with van der Waals surface area (Å²) < 4.78 is 13.6. The fraction of sp³-hybridized carbons (Fsp3) is 0.100. The van der Waals surface area contributed by atoms with E-state index in [1.165, 1.54) is 11.1 Å². The Morgan fingerprint density at radius 3 is 1.67 bits per heavy atom. The summed E-state index contributed by atoms with van der Waals surface area (Å²) in [4.78, 5) is 0. The number of rotatable bonds is 3. The topological polar surface area (TPSA) is 0 Å². The molecule has 0 saturated carbocycles. The van der Waals surface area contributed by atoms with E-state index in [-0.39, 0.29) is 11.7 Å². The molecule has 0 spiro atoms. The highest BCUT2D eigenvalue weighted by Crippen LogP contribution is 2.32. The van der Waals surface area contributed by atoms with Crippen LogP contribution in [-0.4, -0.2) is 0 Å². The minimum absolute atomic E-state index is 0.131. The molecule has 0 radical (unpaired) electrons. The summed E-state index contributed by atoms with van der Waals surface area (Å²) in [5, 5.41) is 0. The third kappa shape index (κ3) is 2.87. The standard InChI is InChI=1S/C20H17F/c1-15-14-18(12-13-19(15)21)20(16-8-4-2-5-9-16)17-10-6-3-7-11-17/h2-14,20H,1H3. The van der Waals surface area contributed by atoms with E-state index in [0.717, 1.165) is 5.56 Å². The number of hydrogen-bond donors (Lipinski definition) is 0. The number of halogens is 1. The molecule has 104 valence electrons. The zero-order valence-electron chi connectivity index (χ0n) is 12.0. The largest absolute Gasteiger partial charge is 0.207 e. The molecule has 1 heteroatoms. The lowest BCUT2D eigenvalue weighted by atomic mass is 9.84. The lowest BCUT2D eigenvalue weighted by Crippen LogP contribution is -2.04. The van der Waals surface area contributed by atoms with Gasteiger partial charge in [0.1, 0.15) is 5.82 Å². The molecule has 3 aromatic rings. The molecule has 0 saturated heterocycles. The van der Waals surface area contributed by atoms with Crippen molar-refractivity contribution in [1.82, 2.24) is 0 Å². The van der Waals surface area contributed by atoms with E-state index in [2.05, 4.69) is 24.3 Å². The molecular formula is C20H17F. The lowest BCUT2D eigenvalue weighted by molar-refractivity contribution is 0.617. The maximum atomic E-state index is 13.6. The van der Waals surface area contributed by atoms with Gasteiger partial charge in [-0.2, -0.15) is 0 Å². The van der Waals surface area contributed by atoms with Gasteiger partial charge in [0.05, 0.1) is 0 Å². The van der Waals surface area contributed by atoms with E-state index in [0.29, 0.717) is 5.56 Å². The SMILES string of the molecule is Cc1cc(C(c2ccccc2)c2ccccc2)ccc1F. The van der Waals surface area contributed by atoms with Crippen molar-refractivity contribution in [2.24, 2.45) is 0 Å². The Morgan fingerprint density at radius 2 is 1.19 bits per heavy atom. The molecule has 0 unspecified atom stereocenters. The zero-order chi connectivity index (χ0) is 14.7. The fourth-order valence-electron chi connectivity index (χ4n) is 2.72. The summed E-state index contributed by atoms with van der Waals surface area (Å²) in [6, 6.07) is 26.1. The van der Waals surface area contributed by atoms with Crippen LogP contribution in [0.3, 0.4) is 0 Å². The highest BCUT2D eigenvalue weighted by molar-refractivity contribution is 5.44. The van der Waals surface area contributed by atoms with Crippen LogP contribution in [0.5, 0.6) is 0 Å². The van der Waals surface area contributed by atoms with E-state index >= 15 is 0 Å². The molecule has 3 aromatic carbocycles. The molecule has 0 bridgehead atoms. The normalized spacial score (nSPS) is 10.8. The van der Waals surface area contributed by atoms with Crippen molar-refractivity contribution in [2.45, 2.75) is 12.8 Å². The first-order valence-corrected chi connectivity index (χ1v) is 7.11. The van der Waals surface area contributed by atoms with Gasteiger partial charge in [0.2, 0.25) is 0 Å². The van der Waals surface area contributed by atoms with Crippen LogP contribution in [0.2, 0.25) is 0 Å². The average molecular weight is 276 g/mol. The van der Waals surface area contributed by atoms with E-state index in [9.17, 15) is 4.39 Å². The molecule has 3 rings (SSSR count). The minimum atomic E-state index is -0.154. The summed E-state index contributed by atoms with van der Waals surface area (Å²) in [5.74, 6) is -0.0228. The van der Waals surface area contributed by atoms with Crippen molar-refractivity contribution in [3.8, 4) is 0 Å². The lowest BCUT2D eigenvalue weighted by Gasteiger charge is -2.19. The van der Waals surface area contributed by atoms with Crippen LogP contribution in [0.25, 0.3) is 0 Å². The van der Waals surface area contributed by atoms with Crippen molar-refractivity contribution in [1.29, 1.82) is 0 Å².